The lowest BCUT2D eigenvalue weighted by Crippen LogP contribution is -2.46. The zero-order valence-electron chi connectivity index (χ0n) is 17.8. The van der Waals surface area contributed by atoms with Gasteiger partial charge in [0.15, 0.2) is 5.76 Å². The summed E-state index contributed by atoms with van der Waals surface area (Å²) in [6.45, 7) is 3.14. The third-order valence-corrected chi connectivity index (χ3v) is 5.57. The van der Waals surface area contributed by atoms with Crippen molar-refractivity contribution in [3.05, 3.63) is 89.1 Å². The molecule has 2 aromatic carbocycles. The first kappa shape index (κ1) is 21.6. The second-order valence-electron chi connectivity index (χ2n) is 7.86. The normalized spacial score (nSPS) is 14.2. The van der Waals surface area contributed by atoms with E-state index < -0.39 is 0 Å². The minimum absolute atomic E-state index is 0.0300. The number of furan rings is 1. The molecule has 4 rings (SSSR count). The van der Waals surface area contributed by atoms with Crippen LogP contribution in [-0.2, 0) is 6.61 Å². The summed E-state index contributed by atoms with van der Waals surface area (Å²) in [5, 5.41) is 3.07. The van der Waals surface area contributed by atoms with E-state index in [1.165, 1.54) is 24.3 Å². The van der Waals surface area contributed by atoms with E-state index in [-0.39, 0.29) is 36.0 Å². The first-order chi connectivity index (χ1) is 15.5. The van der Waals surface area contributed by atoms with Gasteiger partial charge in [-0.25, -0.2) is 4.39 Å². The Balaban J connectivity index is 1.27. The van der Waals surface area contributed by atoms with E-state index in [0.717, 1.165) is 5.56 Å². The third kappa shape index (κ3) is 5.17. The highest BCUT2D eigenvalue weighted by Crippen LogP contribution is 2.19. The van der Waals surface area contributed by atoms with Crippen LogP contribution in [0.4, 0.5) is 4.39 Å². The van der Waals surface area contributed by atoms with Gasteiger partial charge in [0.1, 0.15) is 23.9 Å². The van der Waals surface area contributed by atoms with E-state index in [0.29, 0.717) is 43.0 Å². The van der Waals surface area contributed by atoms with Gasteiger partial charge in [0, 0.05) is 24.7 Å². The van der Waals surface area contributed by atoms with Gasteiger partial charge in [-0.15, -0.1) is 0 Å². The Bertz CT molecular complexity index is 1090. The number of likely N-dealkylation sites (tertiary alicyclic amines) is 1. The number of benzene rings is 2. The number of aryl methyl sites for hydroxylation is 1. The lowest BCUT2D eigenvalue weighted by molar-refractivity contribution is 0.0663. The summed E-state index contributed by atoms with van der Waals surface area (Å²) in [5.41, 5.74) is 1.62. The average molecular weight is 436 g/mol. The molecule has 0 saturated carbocycles. The van der Waals surface area contributed by atoms with Crippen molar-refractivity contribution < 1.29 is 23.1 Å². The fourth-order valence-electron chi connectivity index (χ4n) is 3.73. The molecule has 2 heterocycles. The van der Waals surface area contributed by atoms with Gasteiger partial charge in [0.25, 0.3) is 11.8 Å². The van der Waals surface area contributed by atoms with Crippen LogP contribution in [0.5, 0.6) is 5.75 Å². The molecule has 0 aliphatic carbocycles. The SMILES string of the molecule is Cc1ccccc1C(=O)NC1CCN(C(=O)c2ccc(COc3ccc(F)cc3)o2)CC1. The molecule has 0 atom stereocenters. The minimum atomic E-state index is -0.332. The van der Waals surface area contributed by atoms with E-state index >= 15 is 0 Å². The summed E-state index contributed by atoms with van der Waals surface area (Å²) >= 11 is 0. The number of amides is 2. The topological polar surface area (TPSA) is 71.8 Å². The molecule has 0 radical (unpaired) electrons. The van der Waals surface area contributed by atoms with Crippen LogP contribution < -0.4 is 10.1 Å². The molecule has 3 aromatic rings. The van der Waals surface area contributed by atoms with Crippen molar-refractivity contribution in [2.24, 2.45) is 0 Å². The molecule has 1 aliphatic rings. The van der Waals surface area contributed by atoms with Crippen LogP contribution >= 0.6 is 0 Å². The summed E-state index contributed by atoms with van der Waals surface area (Å²) in [5.74, 6) is 0.696. The molecule has 1 aliphatic heterocycles. The lowest BCUT2D eigenvalue weighted by Gasteiger charge is -2.32. The zero-order valence-corrected chi connectivity index (χ0v) is 17.8. The highest BCUT2D eigenvalue weighted by atomic mass is 19.1. The molecule has 1 N–H and O–H groups in total. The monoisotopic (exact) mass is 436 g/mol. The first-order valence-corrected chi connectivity index (χ1v) is 10.6. The number of nitrogens with zero attached hydrogens (tertiary/aromatic N) is 1. The van der Waals surface area contributed by atoms with E-state index in [1.807, 2.05) is 31.2 Å². The van der Waals surface area contributed by atoms with Crippen LogP contribution in [0.2, 0.25) is 0 Å². The van der Waals surface area contributed by atoms with Gasteiger partial charge in [-0.1, -0.05) is 18.2 Å². The van der Waals surface area contributed by atoms with Gasteiger partial charge in [-0.3, -0.25) is 9.59 Å². The number of nitrogens with one attached hydrogen (secondary N) is 1. The van der Waals surface area contributed by atoms with Crippen LogP contribution in [0.15, 0.2) is 65.1 Å². The maximum atomic E-state index is 13.0. The summed E-state index contributed by atoms with van der Waals surface area (Å²) < 4.78 is 24.2. The molecule has 2 amide bonds. The predicted molar refractivity (Wildman–Crippen MR) is 117 cm³/mol. The van der Waals surface area contributed by atoms with Gasteiger partial charge >= 0.3 is 0 Å². The number of carbonyl (C=O) groups excluding carboxylic acids is 2. The number of hydrogen-bond donors (Lipinski definition) is 1. The molecule has 6 nitrogen and oxygen atoms in total. The Hall–Kier alpha value is -3.61. The van der Waals surface area contributed by atoms with E-state index in [4.69, 9.17) is 9.15 Å². The third-order valence-electron chi connectivity index (χ3n) is 5.57. The standard InChI is InChI=1S/C25H25FN2O4/c1-17-4-2-3-5-22(17)24(29)27-19-12-14-28(15-13-19)25(30)23-11-10-21(32-23)16-31-20-8-6-18(26)7-9-20/h2-11,19H,12-16H2,1H3,(H,27,29). The largest absolute Gasteiger partial charge is 0.486 e. The molecule has 32 heavy (non-hydrogen) atoms. The summed E-state index contributed by atoms with van der Waals surface area (Å²) in [6, 6.07) is 16.6. The van der Waals surface area contributed by atoms with Crippen molar-refractivity contribution in [3.63, 3.8) is 0 Å². The van der Waals surface area contributed by atoms with Crippen molar-refractivity contribution in [2.75, 3.05) is 13.1 Å². The molecule has 1 aromatic heterocycles. The van der Waals surface area contributed by atoms with Gasteiger partial charge in [0.05, 0.1) is 0 Å². The van der Waals surface area contributed by atoms with Crippen LogP contribution in [0.3, 0.4) is 0 Å². The smallest absolute Gasteiger partial charge is 0.289 e. The van der Waals surface area contributed by atoms with Gasteiger partial charge < -0.3 is 19.4 Å². The molecular weight excluding hydrogens is 411 g/mol. The molecule has 166 valence electrons. The Morgan fingerprint density at radius 2 is 1.78 bits per heavy atom. The fraction of sp³-hybridized carbons (Fsp3) is 0.280. The van der Waals surface area contributed by atoms with E-state index in [1.54, 1.807) is 17.0 Å². The fourth-order valence-corrected chi connectivity index (χ4v) is 3.73. The van der Waals surface area contributed by atoms with E-state index in [2.05, 4.69) is 5.32 Å². The van der Waals surface area contributed by atoms with Gasteiger partial charge in [-0.05, 0) is 67.8 Å². The minimum Gasteiger partial charge on any atom is -0.486 e. The highest BCUT2D eigenvalue weighted by molar-refractivity contribution is 5.95. The molecule has 0 unspecified atom stereocenters. The molecule has 0 bridgehead atoms. The van der Waals surface area contributed by atoms with Crippen molar-refractivity contribution in [3.8, 4) is 5.75 Å². The van der Waals surface area contributed by atoms with Crippen molar-refractivity contribution >= 4 is 11.8 Å². The number of hydrogen-bond acceptors (Lipinski definition) is 4. The van der Waals surface area contributed by atoms with Crippen LogP contribution in [-0.4, -0.2) is 35.8 Å². The summed E-state index contributed by atoms with van der Waals surface area (Å²) in [4.78, 5) is 27.0. The molecule has 1 saturated heterocycles. The lowest BCUT2D eigenvalue weighted by atomic mass is 10.0. The van der Waals surface area contributed by atoms with Crippen LogP contribution in [0.1, 0.15) is 45.1 Å². The molecule has 0 spiro atoms. The number of piperidine rings is 1. The zero-order chi connectivity index (χ0) is 22.5. The van der Waals surface area contributed by atoms with Gasteiger partial charge in [-0.2, -0.15) is 0 Å². The maximum Gasteiger partial charge on any atom is 0.289 e. The molecule has 1 fully saturated rings. The summed E-state index contributed by atoms with van der Waals surface area (Å²) in [7, 11) is 0. The Morgan fingerprint density at radius 3 is 2.50 bits per heavy atom. The summed E-state index contributed by atoms with van der Waals surface area (Å²) in [6.07, 6.45) is 1.37. The Kier molecular flexibility index (Phi) is 6.54. The number of rotatable bonds is 6. The van der Waals surface area contributed by atoms with Crippen LogP contribution in [0.25, 0.3) is 0 Å². The second kappa shape index (κ2) is 9.68. The molecule has 7 heteroatoms. The van der Waals surface area contributed by atoms with Crippen molar-refractivity contribution in [1.29, 1.82) is 0 Å². The number of carbonyl (C=O) groups is 2. The maximum absolute atomic E-state index is 13.0. The molecular formula is C25H25FN2O4. The number of halogens is 1. The quantitative estimate of drug-likeness (QED) is 0.624. The first-order valence-electron chi connectivity index (χ1n) is 10.6. The Morgan fingerprint density at radius 1 is 1.06 bits per heavy atom. The van der Waals surface area contributed by atoms with Crippen molar-refractivity contribution in [2.45, 2.75) is 32.4 Å². The highest BCUT2D eigenvalue weighted by Gasteiger charge is 2.26. The number of ether oxygens (including phenoxy) is 1. The van der Waals surface area contributed by atoms with Crippen molar-refractivity contribution in [1.82, 2.24) is 10.2 Å². The van der Waals surface area contributed by atoms with Gasteiger partial charge in [0.2, 0.25) is 0 Å². The van der Waals surface area contributed by atoms with Crippen LogP contribution in [0, 0.1) is 12.7 Å². The Labute approximate surface area is 186 Å². The van der Waals surface area contributed by atoms with E-state index in [9.17, 15) is 14.0 Å². The second-order valence-corrected chi connectivity index (χ2v) is 7.86. The average Bonchev–Trinajstić information content (AvgIpc) is 3.28. The predicted octanol–water partition coefficient (Wildman–Crippen LogP) is 4.34.